The predicted octanol–water partition coefficient (Wildman–Crippen LogP) is 2.94. The van der Waals surface area contributed by atoms with Crippen LogP contribution in [0.5, 0.6) is 0 Å². The van der Waals surface area contributed by atoms with Gasteiger partial charge in [0.25, 0.3) is 5.91 Å². The highest BCUT2D eigenvalue weighted by molar-refractivity contribution is 7.98. The number of nitrogens with one attached hydrogen (secondary N) is 1. The van der Waals surface area contributed by atoms with Crippen LogP contribution in [0.2, 0.25) is 0 Å². The highest BCUT2D eigenvalue weighted by Crippen LogP contribution is 2.19. The number of carbonyl (C=O) groups excluding carboxylic acids is 1. The van der Waals surface area contributed by atoms with Gasteiger partial charge >= 0.3 is 0 Å². The third-order valence-corrected chi connectivity index (χ3v) is 4.01. The van der Waals surface area contributed by atoms with E-state index in [0.29, 0.717) is 5.82 Å². The van der Waals surface area contributed by atoms with Gasteiger partial charge in [0.1, 0.15) is 5.82 Å². The van der Waals surface area contributed by atoms with Crippen molar-refractivity contribution < 1.29 is 4.79 Å². The van der Waals surface area contributed by atoms with E-state index in [4.69, 9.17) is 0 Å². The van der Waals surface area contributed by atoms with Gasteiger partial charge in [-0.3, -0.25) is 9.36 Å². The Balaban J connectivity index is 1.76. The first-order valence-corrected chi connectivity index (χ1v) is 8.19. The van der Waals surface area contributed by atoms with Gasteiger partial charge in [-0.25, -0.2) is 4.98 Å². The van der Waals surface area contributed by atoms with Crippen molar-refractivity contribution in [3.63, 3.8) is 0 Å². The lowest BCUT2D eigenvalue weighted by atomic mass is 10.3. The normalized spacial score (nSPS) is 10.5. The molecule has 2 aromatic heterocycles. The third-order valence-electron chi connectivity index (χ3n) is 3.28. The molecule has 23 heavy (non-hydrogen) atoms. The first-order chi connectivity index (χ1) is 11.2. The monoisotopic (exact) mass is 325 g/mol. The number of benzene rings is 1. The zero-order valence-electron chi connectivity index (χ0n) is 12.7. The molecule has 0 aliphatic rings. The Morgan fingerprint density at radius 3 is 2.74 bits per heavy atom. The summed E-state index contributed by atoms with van der Waals surface area (Å²) in [7, 11) is 0. The van der Waals surface area contributed by atoms with Gasteiger partial charge in [-0.05, 0) is 43.5 Å². The van der Waals surface area contributed by atoms with Gasteiger partial charge in [0.2, 0.25) is 0 Å². The van der Waals surface area contributed by atoms with Crippen molar-refractivity contribution in [3.8, 4) is 5.82 Å². The number of nitrogens with zero attached hydrogens (tertiary/aromatic N) is 4. The lowest BCUT2D eigenvalue weighted by Gasteiger charge is -2.07. The largest absolute Gasteiger partial charge is 0.321 e. The van der Waals surface area contributed by atoms with Gasteiger partial charge in [0.15, 0.2) is 11.5 Å². The summed E-state index contributed by atoms with van der Waals surface area (Å²) < 4.78 is 1.80. The van der Waals surface area contributed by atoms with Crippen LogP contribution in [0.1, 0.15) is 16.3 Å². The van der Waals surface area contributed by atoms with Crippen molar-refractivity contribution in [1.82, 2.24) is 19.7 Å². The first kappa shape index (κ1) is 15.2. The van der Waals surface area contributed by atoms with Crippen LogP contribution in [0.15, 0.2) is 53.7 Å². The van der Waals surface area contributed by atoms with Crippen molar-refractivity contribution in [2.45, 2.75) is 11.8 Å². The molecule has 0 aliphatic carbocycles. The zero-order chi connectivity index (χ0) is 16.2. The fraction of sp³-hybridized carbons (Fsp3) is 0.125. The number of rotatable bonds is 4. The minimum atomic E-state index is -0.287. The standard InChI is InChI=1S/C16H15N5OS/c1-11-17-8-9-21(11)15-7-6-14(19-20-15)16(22)18-12-4-3-5-13(10-12)23-2/h3-10H,1-2H3,(H,18,22). The summed E-state index contributed by atoms with van der Waals surface area (Å²) in [6, 6.07) is 11.0. The van der Waals surface area contributed by atoms with E-state index in [1.54, 1.807) is 40.9 Å². The van der Waals surface area contributed by atoms with E-state index in [1.807, 2.05) is 37.4 Å². The van der Waals surface area contributed by atoms with Crippen LogP contribution in [-0.2, 0) is 0 Å². The molecule has 3 aromatic rings. The summed E-state index contributed by atoms with van der Waals surface area (Å²) in [5.41, 5.74) is 0.999. The summed E-state index contributed by atoms with van der Waals surface area (Å²) in [5.74, 6) is 1.15. The summed E-state index contributed by atoms with van der Waals surface area (Å²) >= 11 is 1.62. The second kappa shape index (κ2) is 6.62. The molecule has 0 unspecified atom stereocenters. The molecule has 0 radical (unpaired) electrons. The Morgan fingerprint density at radius 2 is 2.09 bits per heavy atom. The Kier molecular flexibility index (Phi) is 4.38. The summed E-state index contributed by atoms with van der Waals surface area (Å²) in [5, 5.41) is 10.9. The third kappa shape index (κ3) is 3.40. The summed E-state index contributed by atoms with van der Waals surface area (Å²) in [4.78, 5) is 17.5. The molecule has 1 aromatic carbocycles. The van der Waals surface area contributed by atoms with E-state index in [2.05, 4.69) is 20.5 Å². The summed E-state index contributed by atoms with van der Waals surface area (Å²) in [6.07, 6.45) is 5.48. The highest BCUT2D eigenvalue weighted by Gasteiger charge is 2.10. The minimum Gasteiger partial charge on any atom is -0.321 e. The molecule has 1 N–H and O–H groups in total. The molecule has 0 atom stereocenters. The van der Waals surface area contributed by atoms with Gasteiger partial charge in [0.05, 0.1) is 0 Å². The van der Waals surface area contributed by atoms with Gasteiger partial charge in [-0.1, -0.05) is 6.07 Å². The Bertz CT molecular complexity index is 828. The predicted molar refractivity (Wildman–Crippen MR) is 90.1 cm³/mol. The van der Waals surface area contributed by atoms with Crippen LogP contribution in [0.4, 0.5) is 5.69 Å². The quantitative estimate of drug-likeness (QED) is 0.747. The number of hydrogen-bond acceptors (Lipinski definition) is 5. The molecule has 0 saturated heterocycles. The van der Waals surface area contributed by atoms with Crippen LogP contribution in [0, 0.1) is 6.92 Å². The molecule has 0 saturated carbocycles. The molecule has 0 bridgehead atoms. The number of anilines is 1. The Labute approximate surface area is 138 Å². The molecule has 0 fully saturated rings. The van der Waals surface area contributed by atoms with Gasteiger partial charge in [-0.2, -0.15) is 0 Å². The van der Waals surface area contributed by atoms with Crippen LogP contribution in [0.25, 0.3) is 5.82 Å². The average molecular weight is 325 g/mol. The smallest absolute Gasteiger partial charge is 0.276 e. The molecular formula is C16H15N5OS. The number of amides is 1. The fourth-order valence-corrected chi connectivity index (χ4v) is 2.55. The molecule has 0 aliphatic heterocycles. The molecule has 1 amide bonds. The average Bonchev–Trinajstić information content (AvgIpc) is 3.01. The van der Waals surface area contributed by atoms with E-state index in [1.165, 1.54) is 0 Å². The topological polar surface area (TPSA) is 72.7 Å². The van der Waals surface area contributed by atoms with Crippen LogP contribution in [-0.4, -0.2) is 31.9 Å². The van der Waals surface area contributed by atoms with Crippen molar-refractivity contribution in [1.29, 1.82) is 0 Å². The van der Waals surface area contributed by atoms with Gasteiger partial charge in [0, 0.05) is 23.0 Å². The second-order valence-electron chi connectivity index (χ2n) is 4.81. The molecule has 7 heteroatoms. The first-order valence-electron chi connectivity index (χ1n) is 6.97. The van der Waals surface area contributed by atoms with Gasteiger partial charge < -0.3 is 5.32 Å². The Morgan fingerprint density at radius 1 is 1.22 bits per heavy atom. The molecular weight excluding hydrogens is 310 g/mol. The van der Waals surface area contributed by atoms with E-state index < -0.39 is 0 Å². The Hall–Kier alpha value is -2.67. The van der Waals surface area contributed by atoms with E-state index in [0.717, 1.165) is 16.4 Å². The van der Waals surface area contributed by atoms with Gasteiger partial charge in [-0.15, -0.1) is 22.0 Å². The number of aromatic nitrogens is 4. The van der Waals surface area contributed by atoms with Crippen molar-refractivity contribution in [2.75, 3.05) is 11.6 Å². The number of thioether (sulfide) groups is 1. The molecule has 0 spiro atoms. The molecule has 116 valence electrons. The van der Waals surface area contributed by atoms with Crippen molar-refractivity contribution in [2.24, 2.45) is 0 Å². The van der Waals surface area contributed by atoms with Crippen molar-refractivity contribution >= 4 is 23.4 Å². The van der Waals surface area contributed by atoms with E-state index >= 15 is 0 Å². The number of imidazole rings is 1. The van der Waals surface area contributed by atoms with Crippen LogP contribution < -0.4 is 5.32 Å². The molecule has 3 rings (SSSR count). The highest BCUT2D eigenvalue weighted by atomic mass is 32.2. The lowest BCUT2D eigenvalue weighted by molar-refractivity contribution is 0.102. The molecule has 6 nitrogen and oxygen atoms in total. The minimum absolute atomic E-state index is 0.265. The second-order valence-corrected chi connectivity index (χ2v) is 5.69. The maximum atomic E-state index is 12.2. The maximum absolute atomic E-state index is 12.2. The van der Waals surface area contributed by atoms with Crippen LogP contribution in [0.3, 0.4) is 0 Å². The SMILES string of the molecule is CSc1cccc(NC(=O)c2ccc(-n3ccnc3C)nn2)c1. The zero-order valence-corrected chi connectivity index (χ0v) is 13.5. The lowest BCUT2D eigenvalue weighted by Crippen LogP contribution is -2.15. The summed E-state index contributed by atoms with van der Waals surface area (Å²) in [6.45, 7) is 1.88. The fourth-order valence-electron chi connectivity index (χ4n) is 2.09. The maximum Gasteiger partial charge on any atom is 0.276 e. The van der Waals surface area contributed by atoms with E-state index in [-0.39, 0.29) is 11.6 Å². The van der Waals surface area contributed by atoms with Crippen molar-refractivity contribution in [3.05, 3.63) is 60.3 Å². The number of aryl methyl sites for hydroxylation is 1. The van der Waals surface area contributed by atoms with E-state index in [9.17, 15) is 4.79 Å². The molecule has 2 heterocycles. The number of carbonyl (C=O) groups is 1. The van der Waals surface area contributed by atoms with Crippen LogP contribution >= 0.6 is 11.8 Å². The number of hydrogen-bond donors (Lipinski definition) is 1.